The lowest BCUT2D eigenvalue weighted by atomic mass is 10.1. The van der Waals surface area contributed by atoms with E-state index in [1.165, 1.54) is 0 Å². The summed E-state index contributed by atoms with van der Waals surface area (Å²) in [6.45, 7) is 3.78. The van der Waals surface area contributed by atoms with Crippen molar-refractivity contribution in [3.05, 3.63) is 47.5 Å². The van der Waals surface area contributed by atoms with Crippen LogP contribution in [0.3, 0.4) is 0 Å². The molecule has 0 unspecified atom stereocenters. The van der Waals surface area contributed by atoms with Crippen molar-refractivity contribution < 1.29 is 4.79 Å². The van der Waals surface area contributed by atoms with Crippen LogP contribution in [-0.2, 0) is 0 Å². The topological polar surface area (TPSA) is 60.9 Å². The predicted octanol–water partition coefficient (Wildman–Crippen LogP) is 1.59. The Hall–Kier alpha value is -2.10. The van der Waals surface area contributed by atoms with Crippen LogP contribution in [-0.4, -0.2) is 15.5 Å². The number of amides is 1. The van der Waals surface area contributed by atoms with Crippen LogP contribution in [0.25, 0.3) is 5.69 Å². The van der Waals surface area contributed by atoms with Gasteiger partial charge in [-0.1, -0.05) is 6.07 Å². The first kappa shape index (κ1) is 10.4. The number of rotatable bonds is 2. The molecule has 0 bridgehead atoms. The summed E-state index contributed by atoms with van der Waals surface area (Å²) in [6.07, 6.45) is 3.61. The van der Waals surface area contributed by atoms with E-state index in [-0.39, 0.29) is 0 Å². The molecular weight excluding hydrogens is 202 g/mol. The van der Waals surface area contributed by atoms with Crippen LogP contribution >= 0.6 is 0 Å². The molecule has 1 aromatic carbocycles. The molecule has 16 heavy (non-hydrogen) atoms. The van der Waals surface area contributed by atoms with E-state index in [2.05, 4.69) is 4.98 Å². The molecular formula is C12H13N3O. The maximum atomic E-state index is 11.2. The number of aromatic nitrogens is 2. The van der Waals surface area contributed by atoms with Crippen molar-refractivity contribution in [2.24, 2.45) is 5.73 Å². The molecule has 2 rings (SSSR count). The Bertz CT molecular complexity index is 543. The molecule has 82 valence electrons. The van der Waals surface area contributed by atoms with Crippen molar-refractivity contribution in [3.63, 3.8) is 0 Å². The second-order valence-electron chi connectivity index (χ2n) is 3.79. The number of carbonyl (C=O) groups is 1. The molecule has 0 aliphatic heterocycles. The van der Waals surface area contributed by atoms with Crippen molar-refractivity contribution in [2.75, 3.05) is 0 Å². The zero-order chi connectivity index (χ0) is 11.7. The van der Waals surface area contributed by atoms with E-state index in [0.717, 1.165) is 16.9 Å². The van der Waals surface area contributed by atoms with Gasteiger partial charge in [-0.15, -0.1) is 0 Å². The maximum absolute atomic E-state index is 11.2. The van der Waals surface area contributed by atoms with Crippen LogP contribution in [0.2, 0.25) is 0 Å². The first-order chi connectivity index (χ1) is 7.58. The molecule has 1 aromatic heterocycles. The molecule has 0 spiro atoms. The fourth-order valence-corrected chi connectivity index (χ4v) is 1.60. The third-order valence-corrected chi connectivity index (χ3v) is 2.50. The third-order valence-electron chi connectivity index (χ3n) is 2.50. The molecule has 2 N–H and O–H groups in total. The van der Waals surface area contributed by atoms with E-state index in [9.17, 15) is 4.79 Å². The second-order valence-corrected chi connectivity index (χ2v) is 3.79. The number of nitrogens with zero attached hydrogens (tertiary/aromatic N) is 2. The lowest BCUT2D eigenvalue weighted by molar-refractivity contribution is 0.0999. The van der Waals surface area contributed by atoms with E-state index in [0.29, 0.717) is 5.56 Å². The fourth-order valence-electron chi connectivity index (χ4n) is 1.60. The Labute approximate surface area is 93.7 Å². The van der Waals surface area contributed by atoms with Gasteiger partial charge in [-0.2, -0.15) is 0 Å². The van der Waals surface area contributed by atoms with E-state index < -0.39 is 5.91 Å². The largest absolute Gasteiger partial charge is 0.366 e. The SMILES string of the molecule is Cc1cn(-c2ccc(C)c(C(N)=O)c2)cn1. The van der Waals surface area contributed by atoms with Crippen molar-refractivity contribution in [3.8, 4) is 5.69 Å². The minimum absolute atomic E-state index is 0.406. The van der Waals surface area contributed by atoms with Crippen LogP contribution in [0, 0.1) is 13.8 Å². The third kappa shape index (κ3) is 1.82. The van der Waals surface area contributed by atoms with Gasteiger partial charge in [0.05, 0.1) is 12.0 Å². The number of hydrogen-bond acceptors (Lipinski definition) is 2. The number of carbonyl (C=O) groups excluding carboxylic acids is 1. The first-order valence-electron chi connectivity index (χ1n) is 4.99. The van der Waals surface area contributed by atoms with Crippen LogP contribution in [0.4, 0.5) is 0 Å². The normalized spacial score (nSPS) is 10.4. The number of benzene rings is 1. The minimum atomic E-state index is -0.406. The van der Waals surface area contributed by atoms with Crippen LogP contribution < -0.4 is 5.73 Å². The maximum Gasteiger partial charge on any atom is 0.249 e. The Kier molecular flexibility index (Phi) is 2.48. The van der Waals surface area contributed by atoms with Gasteiger partial charge in [0.25, 0.3) is 0 Å². The first-order valence-corrected chi connectivity index (χ1v) is 4.99. The van der Waals surface area contributed by atoms with E-state index >= 15 is 0 Å². The number of hydrogen-bond donors (Lipinski definition) is 1. The highest BCUT2D eigenvalue weighted by atomic mass is 16.1. The van der Waals surface area contributed by atoms with Gasteiger partial charge in [0.2, 0.25) is 5.91 Å². The quantitative estimate of drug-likeness (QED) is 0.826. The number of aryl methyl sites for hydroxylation is 2. The minimum Gasteiger partial charge on any atom is -0.366 e. The standard InChI is InChI=1S/C12H13N3O/c1-8-3-4-10(5-11(8)12(13)16)15-6-9(2)14-7-15/h3-7H,1-2H3,(H2,13,16). The van der Waals surface area contributed by atoms with Crippen LogP contribution in [0.5, 0.6) is 0 Å². The highest BCUT2D eigenvalue weighted by molar-refractivity contribution is 5.94. The lowest BCUT2D eigenvalue weighted by Crippen LogP contribution is -2.13. The van der Waals surface area contributed by atoms with Crippen molar-refractivity contribution in [2.45, 2.75) is 13.8 Å². The lowest BCUT2D eigenvalue weighted by Gasteiger charge is -2.06. The number of imidazole rings is 1. The molecule has 0 saturated carbocycles. The van der Waals surface area contributed by atoms with Gasteiger partial charge in [0.1, 0.15) is 0 Å². The van der Waals surface area contributed by atoms with E-state index in [1.54, 1.807) is 12.4 Å². The summed E-state index contributed by atoms with van der Waals surface area (Å²) in [5, 5.41) is 0. The summed E-state index contributed by atoms with van der Waals surface area (Å²) in [6, 6.07) is 5.59. The van der Waals surface area contributed by atoms with Gasteiger partial charge in [-0.25, -0.2) is 4.98 Å². The van der Waals surface area contributed by atoms with Crippen molar-refractivity contribution in [1.29, 1.82) is 0 Å². The monoisotopic (exact) mass is 215 g/mol. The van der Waals surface area contributed by atoms with Gasteiger partial charge >= 0.3 is 0 Å². The van der Waals surface area contributed by atoms with Gasteiger partial charge in [-0.05, 0) is 31.5 Å². The predicted molar refractivity (Wildman–Crippen MR) is 61.6 cm³/mol. The molecule has 0 radical (unpaired) electrons. The summed E-state index contributed by atoms with van der Waals surface area (Å²) in [7, 11) is 0. The van der Waals surface area contributed by atoms with Crippen molar-refractivity contribution >= 4 is 5.91 Å². The van der Waals surface area contributed by atoms with Gasteiger partial charge in [0, 0.05) is 17.4 Å². The van der Waals surface area contributed by atoms with Gasteiger partial charge in [0.15, 0.2) is 0 Å². The molecule has 0 aliphatic carbocycles. The number of primary amides is 1. The van der Waals surface area contributed by atoms with Gasteiger partial charge in [-0.3, -0.25) is 4.79 Å². The summed E-state index contributed by atoms with van der Waals surface area (Å²) < 4.78 is 1.86. The molecule has 4 heteroatoms. The molecule has 1 heterocycles. The highest BCUT2D eigenvalue weighted by Gasteiger charge is 2.06. The molecule has 0 fully saturated rings. The van der Waals surface area contributed by atoms with E-state index in [4.69, 9.17) is 5.73 Å². The average molecular weight is 215 g/mol. The molecule has 0 aliphatic rings. The summed E-state index contributed by atoms with van der Waals surface area (Å²) in [5.74, 6) is -0.406. The summed E-state index contributed by atoms with van der Waals surface area (Å²) in [4.78, 5) is 15.3. The second kappa shape index (κ2) is 3.81. The fraction of sp³-hybridized carbons (Fsp3) is 0.167. The molecule has 4 nitrogen and oxygen atoms in total. The molecule has 0 atom stereocenters. The Balaban J connectivity index is 2.51. The van der Waals surface area contributed by atoms with Crippen molar-refractivity contribution in [1.82, 2.24) is 9.55 Å². The summed E-state index contributed by atoms with van der Waals surface area (Å²) >= 11 is 0. The Morgan fingerprint density at radius 3 is 2.69 bits per heavy atom. The summed E-state index contributed by atoms with van der Waals surface area (Å²) in [5.41, 5.74) is 8.55. The van der Waals surface area contributed by atoms with E-state index in [1.807, 2.05) is 36.7 Å². The van der Waals surface area contributed by atoms with Crippen LogP contribution in [0.15, 0.2) is 30.7 Å². The smallest absolute Gasteiger partial charge is 0.249 e. The molecule has 1 amide bonds. The van der Waals surface area contributed by atoms with Crippen LogP contribution in [0.1, 0.15) is 21.6 Å². The number of nitrogens with two attached hydrogens (primary N) is 1. The molecule has 0 saturated heterocycles. The highest BCUT2D eigenvalue weighted by Crippen LogP contribution is 2.14. The molecule has 2 aromatic rings. The average Bonchev–Trinajstić information content (AvgIpc) is 2.65. The Morgan fingerprint density at radius 2 is 2.12 bits per heavy atom. The zero-order valence-electron chi connectivity index (χ0n) is 9.27. The van der Waals surface area contributed by atoms with Gasteiger partial charge < -0.3 is 10.3 Å². The Morgan fingerprint density at radius 1 is 1.38 bits per heavy atom. The zero-order valence-corrected chi connectivity index (χ0v) is 9.27.